The number of benzene rings is 2. The topological polar surface area (TPSA) is 29.1 Å². The zero-order valence-corrected chi connectivity index (χ0v) is 12.6. The van der Waals surface area contributed by atoms with Gasteiger partial charge in [0, 0.05) is 14.9 Å². The second-order valence-electron chi connectivity index (χ2n) is 3.59. The molecule has 2 nitrogen and oxygen atoms in total. The van der Waals surface area contributed by atoms with Crippen LogP contribution in [-0.4, -0.2) is 5.24 Å². The van der Waals surface area contributed by atoms with Gasteiger partial charge >= 0.3 is 0 Å². The van der Waals surface area contributed by atoms with Crippen molar-refractivity contribution in [2.75, 3.05) is 5.32 Å². The molecule has 0 atom stereocenters. The van der Waals surface area contributed by atoms with E-state index in [1.807, 2.05) is 0 Å². The monoisotopic (exact) mass is 331 g/mol. The maximum Gasteiger partial charge on any atom is 0.288 e. The van der Waals surface area contributed by atoms with E-state index in [2.05, 4.69) is 5.32 Å². The number of rotatable bonds is 2. The second kappa shape index (κ2) is 6.53. The minimum atomic E-state index is -0.230. The number of amides is 1. The predicted molar refractivity (Wildman–Crippen MR) is 82.8 cm³/mol. The molecule has 0 spiro atoms. The Morgan fingerprint density at radius 3 is 2.21 bits per heavy atom. The first kappa shape index (κ1) is 14.5. The molecule has 0 saturated heterocycles. The third-order valence-corrected chi connectivity index (χ3v) is 3.79. The van der Waals surface area contributed by atoms with Crippen LogP contribution in [0.4, 0.5) is 10.5 Å². The highest BCUT2D eigenvalue weighted by atomic mass is 35.5. The lowest BCUT2D eigenvalue weighted by Crippen LogP contribution is -2.04. The van der Waals surface area contributed by atoms with Crippen LogP contribution in [0.25, 0.3) is 0 Å². The summed E-state index contributed by atoms with van der Waals surface area (Å²) in [7, 11) is 0. The van der Waals surface area contributed by atoms with Gasteiger partial charge in [0.1, 0.15) is 0 Å². The van der Waals surface area contributed by atoms with E-state index in [-0.39, 0.29) is 5.24 Å². The number of hydrogen-bond acceptors (Lipinski definition) is 2. The van der Waals surface area contributed by atoms with Gasteiger partial charge < -0.3 is 5.32 Å². The highest BCUT2D eigenvalue weighted by Crippen LogP contribution is 2.28. The molecule has 1 N–H and O–H groups in total. The van der Waals surface area contributed by atoms with Crippen molar-refractivity contribution < 1.29 is 4.79 Å². The largest absolute Gasteiger partial charge is 0.315 e. The Hall–Kier alpha value is -0.870. The Bertz CT molecular complexity index is 601. The molecule has 0 aliphatic carbocycles. The van der Waals surface area contributed by atoms with Crippen LogP contribution in [0, 0.1) is 0 Å². The number of carbonyl (C=O) groups is 1. The number of anilines is 1. The van der Waals surface area contributed by atoms with Crippen molar-refractivity contribution in [1.82, 2.24) is 0 Å². The molecule has 2 aromatic rings. The second-order valence-corrected chi connectivity index (χ2v) is 5.92. The van der Waals surface area contributed by atoms with E-state index >= 15 is 0 Å². The predicted octanol–water partition coefficient (Wildman–Crippen LogP) is 5.97. The molecule has 2 rings (SSSR count). The molecule has 0 bridgehead atoms. The molecular weight excluding hydrogens is 325 g/mol. The first-order valence-corrected chi connectivity index (χ1v) is 7.19. The smallest absolute Gasteiger partial charge is 0.288 e. The summed E-state index contributed by atoms with van der Waals surface area (Å²) in [6.45, 7) is 0. The third kappa shape index (κ3) is 4.32. The summed E-state index contributed by atoms with van der Waals surface area (Å²) in [4.78, 5) is 12.6. The van der Waals surface area contributed by atoms with Crippen molar-refractivity contribution in [3.05, 3.63) is 57.5 Å². The molecule has 0 unspecified atom stereocenters. The van der Waals surface area contributed by atoms with Crippen LogP contribution in [0.5, 0.6) is 0 Å². The van der Waals surface area contributed by atoms with E-state index in [0.717, 1.165) is 16.7 Å². The molecule has 6 heteroatoms. The molecule has 0 fully saturated rings. The zero-order valence-electron chi connectivity index (χ0n) is 9.49. The standard InChI is InChI=1S/C13H8Cl3NOS/c14-8-1-4-10(5-2-8)19-13(18)17-12-6-3-9(15)7-11(12)16/h1-7H,(H,17,18). The number of thioether (sulfide) groups is 1. The van der Waals surface area contributed by atoms with Gasteiger partial charge in [-0.05, 0) is 54.2 Å². The molecular formula is C13H8Cl3NOS. The first-order chi connectivity index (χ1) is 9.04. The molecule has 0 saturated carbocycles. The van der Waals surface area contributed by atoms with Crippen LogP contribution in [0.3, 0.4) is 0 Å². The van der Waals surface area contributed by atoms with Crippen LogP contribution in [0.1, 0.15) is 0 Å². The molecule has 2 aromatic carbocycles. The molecule has 0 aromatic heterocycles. The highest BCUT2D eigenvalue weighted by Gasteiger charge is 2.08. The summed E-state index contributed by atoms with van der Waals surface area (Å²) in [6, 6.07) is 11.9. The van der Waals surface area contributed by atoms with E-state index in [1.54, 1.807) is 42.5 Å². The summed E-state index contributed by atoms with van der Waals surface area (Å²) >= 11 is 18.6. The number of carbonyl (C=O) groups excluding carboxylic acids is 1. The van der Waals surface area contributed by atoms with E-state index < -0.39 is 0 Å². The number of nitrogens with one attached hydrogen (secondary N) is 1. The summed E-state index contributed by atoms with van der Waals surface area (Å²) in [5.74, 6) is 0. The van der Waals surface area contributed by atoms with Gasteiger partial charge in [-0.2, -0.15) is 0 Å². The van der Waals surface area contributed by atoms with Crippen LogP contribution in [0.15, 0.2) is 47.4 Å². The van der Waals surface area contributed by atoms with E-state index in [4.69, 9.17) is 34.8 Å². The Kier molecular flexibility index (Phi) is 4.99. The molecule has 1 amide bonds. The number of hydrogen-bond donors (Lipinski definition) is 1. The third-order valence-electron chi connectivity index (χ3n) is 2.19. The minimum Gasteiger partial charge on any atom is -0.315 e. The van der Waals surface area contributed by atoms with Crippen molar-refractivity contribution in [3.8, 4) is 0 Å². The van der Waals surface area contributed by atoms with Gasteiger partial charge in [0.15, 0.2) is 0 Å². The van der Waals surface area contributed by atoms with Crippen molar-refractivity contribution in [1.29, 1.82) is 0 Å². The van der Waals surface area contributed by atoms with Crippen molar-refractivity contribution in [2.24, 2.45) is 0 Å². The van der Waals surface area contributed by atoms with Gasteiger partial charge in [-0.1, -0.05) is 34.8 Å². The molecule has 98 valence electrons. The van der Waals surface area contributed by atoms with Gasteiger partial charge in [0.05, 0.1) is 10.7 Å². The lowest BCUT2D eigenvalue weighted by molar-refractivity contribution is 0.270. The lowest BCUT2D eigenvalue weighted by Gasteiger charge is -2.07. The van der Waals surface area contributed by atoms with E-state index in [9.17, 15) is 4.79 Å². The van der Waals surface area contributed by atoms with Crippen molar-refractivity contribution in [3.63, 3.8) is 0 Å². The highest BCUT2D eigenvalue weighted by molar-refractivity contribution is 8.13. The van der Waals surface area contributed by atoms with Crippen LogP contribution in [0.2, 0.25) is 15.1 Å². The van der Waals surface area contributed by atoms with Crippen molar-refractivity contribution >= 4 is 57.5 Å². The van der Waals surface area contributed by atoms with E-state index in [0.29, 0.717) is 20.8 Å². The fourth-order valence-electron chi connectivity index (χ4n) is 1.34. The van der Waals surface area contributed by atoms with Gasteiger partial charge in [-0.25, -0.2) is 0 Å². The normalized spacial score (nSPS) is 10.3. The molecule has 0 radical (unpaired) electrons. The van der Waals surface area contributed by atoms with Crippen molar-refractivity contribution in [2.45, 2.75) is 4.90 Å². The Morgan fingerprint density at radius 2 is 1.58 bits per heavy atom. The fourth-order valence-corrected chi connectivity index (χ4v) is 2.56. The average molecular weight is 333 g/mol. The van der Waals surface area contributed by atoms with Gasteiger partial charge in [-0.3, -0.25) is 4.79 Å². The Labute approximate surface area is 130 Å². The quantitative estimate of drug-likeness (QED) is 0.686. The molecule has 19 heavy (non-hydrogen) atoms. The Balaban J connectivity index is 2.03. The van der Waals surface area contributed by atoms with Crippen LogP contribution < -0.4 is 5.32 Å². The summed E-state index contributed by atoms with van der Waals surface area (Å²) in [6.07, 6.45) is 0. The van der Waals surface area contributed by atoms with Crippen LogP contribution in [-0.2, 0) is 0 Å². The lowest BCUT2D eigenvalue weighted by atomic mass is 10.3. The first-order valence-electron chi connectivity index (χ1n) is 5.24. The molecule has 0 aliphatic heterocycles. The maximum absolute atomic E-state index is 11.8. The average Bonchev–Trinajstić information content (AvgIpc) is 2.36. The minimum absolute atomic E-state index is 0.230. The summed E-state index contributed by atoms with van der Waals surface area (Å²) in [5.41, 5.74) is 0.525. The van der Waals surface area contributed by atoms with E-state index in [1.165, 1.54) is 0 Å². The zero-order chi connectivity index (χ0) is 13.8. The maximum atomic E-state index is 11.8. The SMILES string of the molecule is O=C(Nc1ccc(Cl)cc1Cl)Sc1ccc(Cl)cc1. The van der Waals surface area contributed by atoms with Gasteiger partial charge in [0.2, 0.25) is 0 Å². The fraction of sp³-hybridized carbons (Fsp3) is 0. The Morgan fingerprint density at radius 1 is 0.947 bits per heavy atom. The summed E-state index contributed by atoms with van der Waals surface area (Å²) < 4.78 is 0. The van der Waals surface area contributed by atoms with Gasteiger partial charge in [-0.15, -0.1) is 0 Å². The molecule has 0 heterocycles. The molecule has 0 aliphatic rings. The summed E-state index contributed by atoms with van der Waals surface area (Å²) in [5, 5.41) is 4.02. The van der Waals surface area contributed by atoms with Gasteiger partial charge in [0.25, 0.3) is 5.24 Å². The number of halogens is 3. The van der Waals surface area contributed by atoms with Crippen LogP contribution >= 0.6 is 46.6 Å².